The van der Waals surface area contributed by atoms with Crippen molar-refractivity contribution in [3.8, 4) is 11.4 Å². The van der Waals surface area contributed by atoms with E-state index in [-0.39, 0.29) is 6.61 Å². The first-order chi connectivity index (χ1) is 13.7. The topological polar surface area (TPSA) is 67.1 Å². The highest BCUT2D eigenvalue weighted by Gasteiger charge is 2.11. The Morgan fingerprint density at radius 2 is 1.75 bits per heavy atom. The number of hydrogen-bond donors (Lipinski definition) is 1. The lowest BCUT2D eigenvalue weighted by atomic mass is 10.1. The minimum atomic E-state index is 0.0977. The highest BCUT2D eigenvalue weighted by atomic mass is 16.3. The lowest BCUT2D eigenvalue weighted by Crippen LogP contribution is -2.27. The maximum atomic E-state index is 9.39. The van der Waals surface area contributed by atoms with E-state index in [0.717, 1.165) is 17.0 Å². The summed E-state index contributed by atoms with van der Waals surface area (Å²) in [6, 6.07) is 14.5. The molecule has 0 aliphatic heterocycles. The Bertz CT molecular complexity index is 1060. The third-order valence-corrected chi connectivity index (χ3v) is 4.82. The van der Waals surface area contributed by atoms with Crippen LogP contribution in [0, 0.1) is 0 Å². The summed E-state index contributed by atoms with van der Waals surface area (Å²) in [6.07, 6.45) is 7.43. The van der Waals surface area contributed by atoms with E-state index in [0.29, 0.717) is 25.5 Å². The quantitative estimate of drug-likeness (QED) is 0.539. The van der Waals surface area contributed by atoms with E-state index in [1.165, 1.54) is 10.8 Å². The van der Waals surface area contributed by atoms with Crippen LogP contribution in [0.5, 0.6) is 0 Å². The van der Waals surface area contributed by atoms with E-state index in [4.69, 9.17) is 0 Å². The van der Waals surface area contributed by atoms with Crippen LogP contribution in [0.4, 0.5) is 0 Å². The minimum absolute atomic E-state index is 0.0977. The third-order valence-electron chi connectivity index (χ3n) is 4.82. The number of nitrogens with zero attached hydrogens (tertiary/aromatic N) is 5. The number of rotatable bonds is 7. The third kappa shape index (κ3) is 4.08. The molecule has 2 heterocycles. The van der Waals surface area contributed by atoms with Crippen LogP contribution in [0.25, 0.3) is 22.2 Å². The fraction of sp³-hybridized carbons (Fsp3) is 0.227. The van der Waals surface area contributed by atoms with Gasteiger partial charge in [-0.25, -0.2) is 15.0 Å². The van der Waals surface area contributed by atoms with Crippen LogP contribution < -0.4 is 0 Å². The molecule has 4 aromatic rings. The molecule has 142 valence electrons. The molecule has 0 aliphatic carbocycles. The largest absolute Gasteiger partial charge is 0.395 e. The molecule has 28 heavy (non-hydrogen) atoms. The van der Waals surface area contributed by atoms with Gasteiger partial charge in [-0.1, -0.05) is 36.4 Å². The Morgan fingerprint density at radius 1 is 0.964 bits per heavy atom. The van der Waals surface area contributed by atoms with Gasteiger partial charge in [-0.3, -0.25) is 4.90 Å². The molecular weight excluding hydrogens is 350 g/mol. The molecule has 4 rings (SSSR count). The van der Waals surface area contributed by atoms with Crippen LogP contribution in [0.3, 0.4) is 0 Å². The van der Waals surface area contributed by atoms with E-state index < -0.39 is 0 Å². The number of aliphatic hydroxyl groups excluding tert-OH is 1. The zero-order chi connectivity index (χ0) is 19.3. The SMILES string of the molecule is Cn1ccnc1CN(CCO)Cc1cnc(-c2ccc3ccccc3c2)nc1. The van der Waals surface area contributed by atoms with E-state index in [1.807, 2.05) is 42.3 Å². The standard InChI is InChI=1S/C22H23N5O/c1-26-9-8-23-21(26)16-27(10-11-28)15-17-13-24-22(25-14-17)20-7-6-18-4-2-3-5-19(18)12-20/h2-9,12-14,28H,10-11,15-16H2,1H3. The average molecular weight is 373 g/mol. The van der Waals surface area contributed by atoms with E-state index in [9.17, 15) is 5.11 Å². The second-order valence-corrected chi connectivity index (χ2v) is 6.87. The summed E-state index contributed by atoms with van der Waals surface area (Å²) in [5.41, 5.74) is 2.01. The van der Waals surface area contributed by atoms with Gasteiger partial charge in [-0.2, -0.15) is 0 Å². The van der Waals surface area contributed by atoms with Gasteiger partial charge < -0.3 is 9.67 Å². The number of fused-ring (bicyclic) bond motifs is 1. The van der Waals surface area contributed by atoms with Crippen LogP contribution >= 0.6 is 0 Å². The molecule has 0 aliphatic rings. The van der Waals surface area contributed by atoms with Gasteiger partial charge in [0.2, 0.25) is 0 Å². The molecule has 2 aromatic heterocycles. The second kappa shape index (κ2) is 8.29. The molecule has 0 unspecified atom stereocenters. The van der Waals surface area contributed by atoms with Gasteiger partial charge in [0, 0.05) is 56.1 Å². The van der Waals surface area contributed by atoms with Crippen molar-refractivity contribution in [2.24, 2.45) is 7.05 Å². The summed E-state index contributed by atoms with van der Waals surface area (Å²) in [4.78, 5) is 15.6. The zero-order valence-corrected chi connectivity index (χ0v) is 15.9. The fourth-order valence-corrected chi connectivity index (χ4v) is 3.28. The maximum absolute atomic E-state index is 9.39. The first kappa shape index (κ1) is 18.3. The van der Waals surface area contributed by atoms with Gasteiger partial charge in [0.25, 0.3) is 0 Å². The molecule has 0 saturated carbocycles. The Hall–Kier alpha value is -3.09. The molecule has 0 radical (unpaired) electrons. The Morgan fingerprint density at radius 3 is 2.46 bits per heavy atom. The molecule has 1 N–H and O–H groups in total. The molecule has 6 heteroatoms. The molecule has 0 saturated heterocycles. The summed E-state index contributed by atoms with van der Waals surface area (Å²) in [6.45, 7) is 1.99. The Labute approximate surface area is 164 Å². The number of benzene rings is 2. The van der Waals surface area contributed by atoms with Gasteiger partial charge in [0.15, 0.2) is 5.82 Å². The van der Waals surface area contributed by atoms with Crippen molar-refractivity contribution < 1.29 is 5.11 Å². The molecule has 2 aromatic carbocycles. The van der Waals surface area contributed by atoms with E-state index in [1.54, 1.807) is 6.20 Å². The fourth-order valence-electron chi connectivity index (χ4n) is 3.28. The van der Waals surface area contributed by atoms with Gasteiger partial charge in [0.05, 0.1) is 13.2 Å². The van der Waals surface area contributed by atoms with E-state index >= 15 is 0 Å². The van der Waals surface area contributed by atoms with Crippen LogP contribution in [-0.4, -0.2) is 42.7 Å². The molecule has 0 spiro atoms. The summed E-state index contributed by atoms with van der Waals surface area (Å²) in [5, 5.41) is 11.8. The number of imidazole rings is 1. The highest BCUT2D eigenvalue weighted by molar-refractivity contribution is 5.86. The normalized spacial score (nSPS) is 11.4. The van der Waals surface area contributed by atoms with Gasteiger partial charge in [-0.15, -0.1) is 0 Å². The lowest BCUT2D eigenvalue weighted by Gasteiger charge is -2.20. The van der Waals surface area contributed by atoms with Crippen molar-refractivity contribution in [3.05, 3.63) is 78.6 Å². The summed E-state index contributed by atoms with van der Waals surface area (Å²) in [7, 11) is 1.97. The Kier molecular flexibility index (Phi) is 5.41. The first-order valence-electron chi connectivity index (χ1n) is 9.32. The number of aliphatic hydroxyl groups is 1. The van der Waals surface area contributed by atoms with Crippen LogP contribution in [0.1, 0.15) is 11.4 Å². The monoisotopic (exact) mass is 373 g/mol. The van der Waals surface area contributed by atoms with Crippen LogP contribution in [0.15, 0.2) is 67.3 Å². The number of hydrogen-bond acceptors (Lipinski definition) is 5. The second-order valence-electron chi connectivity index (χ2n) is 6.87. The van der Waals surface area contributed by atoms with E-state index in [2.05, 4.69) is 50.2 Å². The van der Waals surface area contributed by atoms with Crippen molar-refractivity contribution >= 4 is 10.8 Å². The van der Waals surface area contributed by atoms with Crippen molar-refractivity contribution in [3.63, 3.8) is 0 Å². The highest BCUT2D eigenvalue weighted by Crippen LogP contribution is 2.21. The van der Waals surface area contributed by atoms with Crippen molar-refractivity contribution in [1.29, 1.82) is 0 Å². The predicted octanol–water partition coefficient (Wildman–Crippen LogP) is 3.02. The molecule has 0 atom stereocenters. The number of aryl methyl sites for hydroxylation is 1. The molecular formula is C22H23N5O. The number of aromatic nitrogens is 4. The summed E-state index contributed by atoms with van der Waals surface area (Å²) >= 11 is 0. The minimum Gasteiger partial charge on any atom is -0.395 e. The van der Waals surface area contributed by atoms with Crippen molar-refractivity contribution in [1.82, 2.24) is 24.4 Å². The molecule has 0 amide bonds. The maximum Gasteiger partial charge on any atom is 0.159 e. The van der Waals surface area contributed by atoms with Gasteiger partial charge in [-0.05, 0) is 16.8 Å². The summed E-state index contributed by atoms with van der Waals surface area (Å²) in [5.74, 6) is 1.68. The van der Waals surface area contributed by atoms with Gasteiger partial charge >= 0.3 is 0 Å². The average Bonchev–Trinajstić information content (AvgIpc) is 3.13. The Balaban J connectivity index is 1.50. The van der Waals surface area contributed by atoms with Crippen LogP contribution in [0.2, 0.25) is 0 Å². The first-order valence-corrected chi connectivity index (χ1v) is 9.32. The zero-order valence-electron chi connectivity index (χ0n) is 15.9. The molecule has 6 nitrogen and oxygen atoms in total. The molecule has 0 bridgehead atoms. The van der Waals surface area contributed by atoms with Gasteiger partial charge in [0.1, 0.15) is 5.82 Å². The lowest BCUT2D eigenvalue weighted by molar-refractivity contribution is 0.180. The van der Waals surface area contributed by atoms with Crippen molar-refractivity contribution in [2.45, 2.75) is 13.1 Å². The summed E-state index contributed by atoms with van der Waals surface area (Å²) < 4.78 is 1.99. The smallest absolute Gasteiger partial charge is 0.159 e. The molecule has 0 fully saturated rings. The van der Waals surface area contributed by atoms with Crippen molar-refractivity contribution in [2.75, 3.05) is 13.2 Å². The predicted molar refractivity (Wildman–Crippen MR) is 109 cm³/mol. The van der Waals surface area contributed by atoms with Crippen LogP contribution in [-0.2, 0) is 20.1 Å².